The fourth-order valence-corrected chi connectivity index (χ4v) is 1.36. The second kappa shape index (κ2) is 5.94. The van der Waals surface area contributed by atoms with Crippen molar-refractivity contribution in [3.63, 3.8) is 0 Å². The number of methoxy groups -OCH3 is 1. The van der Waals surface area contributed by atoms with Gasteiger partial charge in [-0.25, -0.2) is 0 Å². The molecule has 0 aromatic rings. The first-order valence-corrected chi connectivity index (χ1v) is 4.72. The van der Waals surface area contributed by atoms with Gasteiger partial charge in [0.15, 0.2) is 0 Å². The molecule has 1 saturated heterocycles. The normalized spacial score (nSPS) is 21.8. The highest BCUT2D eigenvalue weighted by Gasteiger charge is 2.14. The van der Waals surface area contributed by atoms with Crippen LogP contribution in [0.25, 0.3) is 0 Å². The zero-order chi connectivity index (χ0) is 9.52. The lowest BCUT2D eigenvalue weighted by Gasteiger charge is -2.09. The van der Waals surface area contributed by atoms with Crippen LogP contribution in [0.3, 0.4) is 0 Å². The Morgan fingerprint density at radius 2 is 2.54 bits per heavy atom. The number of ether oxygens (including phenoxy) is 2. The summed E-state index contributed by atoms with van der Waals surface area (Å²) in [6.07, 6.45) is 3.07. The van der Waals surface area contributed by atoms with Crippen LogP contribution in [0.15, 0.2) is 0 Å². The zero-order valence-electron chi connectivity index (χ0n) is 8.04. The van der Waals surface area contributed by atoms with Gasteiger partial charge in [-0.15, -0.1) is 0 Å². The molecule has 13 heavy (non-hydrogen) atoms. The van der Waals surface area contributed by atoms with Gasteiger partial charge < -0.3 is 14.8 Å². The second-order valence-electron chi connectivity index (χ2n) is 3.17. The topological polar surface area (TPSA) is 47.6 Å². The second-order valence-corrected chi connectivity index (χ2v) is 3.17. The summed E-state index contributed by atoms with van der Waals surface area (Å²) >= 11 is 0. The molecule has 1 heterocycles. The quantitative estimate of drug-likeness (QED) is 0.497. The Morgan fingerprint density at radius 1 is 1.69 bits per heavy atom. The molecule has 0 aromatic carbocycles. The van der Waals surface area contributed by atoms with Crippen LogP contribution in [0.1, 0.15) is 19.3 Å². The van der Waals surface area contributed by atoms with Crippen LogP contribution in [0.4, 0.5) is 0 Å². The van der Waals surface area contributed by atoms with Crippen molar-refractivity contribution in [3.05, 3.63) is 0 Å². The average Bonchev–Trinajstić information content (AvgIpc) is 2.64. The van der Waals surface area contributed by atoms with Gasteiger partial charge >= 0.3 is 5.97 Å². The molecule has 1 rings (SSSR count). The molecule has 0 spiro atoms. The molecule has 0 bridgehead atoms. The van der Waals surface area contributed by atoms with Crippen molar-refractivity contribution in [2.45, 2.75) is 25.4 Å². The van der Waals surface area contributed by atoms with E-state index < -0.39 is 0 Å². The predicted octanol–water partition coefficient (Wildman–Crippen LogP) is 0.318. The van der Waals surface area contributed by atoms with Gasteiger partial charge in [0.2, 0.25) is 0 Å². The highest BCUT2D eigenvalue weighted by molar-refractivity contribution is 5.69. The lowest BCUT2D eigenvalue weighted by Crippen LogP contribution is -2.28. The number of carbonyl (C=O) groups is 1. The Bertz CT molecular complexity index is 155. The van der Waals surface area contributed by atoms with Gasteiger partial charge in [-0.2, -0.15) is 0 Å². The predicted molar refractivity (Wildman–Crippen MR) is 48.5 cm³/mol. The van der Waals surface area contributed by atoms with Crippen molar-refractivity contribution in [1.29, 1.82) is 0 Å². The Balaban J connectivity index is 1.91. The third-order valence-electron chi connectivity index (χ3n) is 2.13. The highest BCUT2D eigenvalue weighted by Crippen LogP contribution is 2.10. The van der Waals surface area contributed by atoms with Gasteiger partial charge in [0.25, 0.3) is 0 Å². The van der Waals surface area contributed by atoms with Crippen LogP contribution in [0, 0.1) is 0 Å². The highest BCUT2D eigenvalue weighted by atomic mass is 16.5. The standard InChI is InChI=1S/C9H17NO3/c1-12-9(11)4-5-10-7-8-3-2-6-13-8/h8,10H,2-7H2,1H3/t8-/m0/s1. The average molecular weight is 187 g/mol. The Labute approximate surface area is 78.6 Å². The summed E-state index contributed by atoms with van der Waals surface area (Å²) in [6.45, 7) is 2.40. The summed E-state index contributed by atoms with van der Waals surface area (Å²) in [5.41, 5.74) is 0. The smallest absolute Gasteiger partial charge is 0.306 e. The van der Waals surface area contributed by atoms with E-state index in [1.165, 1.54) is 7.11 Å². The molecule has 0 saturated carbocycles. The van der Waals surface area contributed by atoms with Crippen LogP contribution in [-0.4, -0.2) is 38.9 Å². The van der Waals surface area contributed by atoms with Crippen molar-refractivity contribution in [2.75, 3.05) is 26.8 Å². The summed E-state index contributed by atoms with van der Waals surface area (Å²) in [6, 6.07) is 0. The van der Waals surface area contributed by atoms with E-state index in [9.17, 15) is 4.79 Å². The molecule has 0 unspecified atom stereocenters. The van der Waals surface area contributed by atoms with E-state index in [0.29, 0.717) is 19.1 Å². The van der Waals surface area contributed by atoms with Crippen LogP contribution in [0.5, 0.6) is 0 Å². The largest absolute Gasteiger partial charge is 0.469 e. The van der Waals surface area contributed by atoms with Gasteiger partial charge in [-0.3, -0.25) is 4.79 Å². The van der Waals surface area contributed by atoms with E-state index in [4.69, 9.17) is 4.74 Å². The summed E-state index contributed by atoms with van der Waals surface area (Å²) in [7, 11) is 1.41. The maximum atomic E-state index is 10.7. The summed E-state index contributed by atoms with van der Waals surface area (Å²) in [5, 5.41) is 3.17. The molecule has 1 fully saturated rings. The molecule has 76 valence electrons. The van der Waals surface area contributed by atoms with E-state index in [1.807, 2.05) is 0 Å². The Kier molecular flexibility index (Phi) is 4.78. The zero-order valence-corrected chi connectivity index (χ0v) is 8.04. The van der Waals surface area contributed by atoms with Crippen LogP contribution in [0.2, 0.25) is 0 Å². The minimum Gasteiger partial charge on any atom is -0.469 e. The molecule has 4 nitrogen and oxygen atoms in total. The number of hydrogen-bond acceptors (Lipinski definition) is 4. The first-order chi connectivity index (χ1) is 6.33. The maximum absolute atomic E-state index is 10.7. The van der Waals surface area contributed by atoms with E-state index in [-0.39, 0.29) is 5.97 Å². The lowest BCUT2D eigenvalue weighted by atomic mass is 10.2. The van der Waals surface area contributed by atoms with Crippen molar-refractivity contribution in [1.82, 2.24) is 5.32 Å². The number of hydrogen-bond donors (Lipinski definition) is 1. The number of nitrogens with one attached hydrogen (secondary N) is 1. The third kappa shape index (κ3) is 4.24. The molecule has 4 heteroatoms. The van der Waals surface area contributed by atoms with E-state index in [0.717, 1.165) is 26.0 Å². The minimum atomic E-state index is -0.167. The fourth-order valence-electron chi connectivity index (χ4n) is 1.36. The fraction of sp³-hybridized carbons (Fsp3) is 0.889. The molecule has 1 N–H and O–H groups in total. The molecule has 0 amide bonds. The summed E-state index contributed by atoms with van der Waals surface area (Å²) in [5.74, 6) is -0.167. The van der Waals surface area contributed by atoms with Gasteiger partial charge in [0, 0.05) is 19.7 Å². The summed E-state index contributed by atoms with van der Waals surface area (Å²) in [4.78, 5) is 10.7. The van der Waals surface area contributed by atoms with Gasteiger partial charge in [-0.05, 0) is 12.8 Å². The van der Waals surface area contributed by atoms with Crippen molar-refractivity contribution < 1.29 is 14.3 Å². The van der Waals surface area contributed by atoms with Gasteiger partial charge in [-0.1, -0.05) is 0 Å². The number of carbonyl (C=O) groups excluding carboxylic acids is 1. The van der Waals surface area contributed by atoms with E-state index in [1.54, 1.807) is 0 Å². The van der Waals surface area contributed by atoms with E-state index >= 15 is 0 Å². The summed E-state index contributed by atoms with van der Waals surface area (Å²) < 4.78 is 9.92. The molecule has 1 aliphatic heterocycles. The Hall–Kier alpha value is -0.610. The van der Waals surface area contributed by atoms with Crippen molar-refractivity contribution in [2.24, 2.45) is 0 Å². The molecule has 0 radical (unpaired) electrons. The minimum absolute atomic E-state index is 0.167. The van der Waals surface area contributed by atoms with E-state index in [2.05, 4.69) is 10.1 Å². The molecular formula is C9H17NO3. The van der Waals surface area contributed by atoms with Crippen molar-refractivity contribution in [3.8, 4) is 0 Å². The third-order valence-corrected chi connectivity index (χ3v) is 2.13. The molecular weight excluding hydrogens is 170 g/mol. The van der Waals surface area contributed by atoms with Gasteiger partial charge in [0.1, 0.15) is 0 Å². The first kappa shape index (κ1) is 10.5. The maximum Gasteiger partial charge on any atom is 0.306 e. The van der Waals surface area contributed by atoms with Gasteiger partial charge in [0.05, 0.1) is 19.6 Å². The Morgan fingerprint density at radius 3 is 3.15 bits per heavy atom. The first-order valence-electron chi connectivity index (χ1n) is 4.72. The van der Waals surface area contributed by atoms with Crippen molar-refractivity contribution >= 4 is 5.97 Å². The van der Waals surface area contributed by atoms with Crippen LogP contribution < -0.4 is 5.32 Å². The number of rotatable bonds is 5. The SMILES string of the molecule is COC(=O)CCNC[C@@H]1CCCO1. The van der Waals surface area contributed by atoms with Crippen LogP contribution >= 0.6 is 0 Å². The van der Waals surface area contributed by atoms with Crippen LogP contribution in [-0.2, 0) is 14.3 Å². The molecule has 0 aliphatic carbocycles. The molecule has 0 aromatic heterocycles. The molecule has 1 aliphatic rings. The molecule has 1 atom stereocenters. The lowest BCUT2D eigenvalue weighted by molar-refractivity contribution is -0.140. The number of esters is 1. The monoisotopic (exact) mass is 187 g/mol.